The smallest absolute Gasteiger partial charge is 0.221 e. The van der Waals surface area contributed by atoms with E-state index in [-0.39, 0.29) is 5.11 Å². The first-order valence-corrected chi connectivity index (χ1v) is 7.52. The van der Waals surface area contributed by atoms with Crippen LogP contribution in [0.3, 0.4) is 0 Å². The third-order valence-electron chi connectivity index (χ3n) is 2.74. The molecule has 0 bridgehead atoms. The molecular formula is C15H14Cl2N3OS+. The maximum Gasteiger partial charge on any atom is 0.221 e. The second kappa shape index (κ2) is 7.98. The van der Waals surface area contributed by atoms with E-state index in [0.29, 0.717) is 22.4 Å². The van der Waals surface area contributed by atoms with Crippen LogP contribution >= 0.6 is 35.4 Å². The molecule has 2 rings (SSSR count). The van der Waals surface area contributed by atoms with E-state index in [4.69, 9.17) is 45.9 Å². The molecule has 0 aromatic heterocycles. The average Bonchev–Trinajstić information content (AvgIpc) is 2.47. The minimum absolute atomic E-state index is 0.155. The van der Waals surface area contributed by atoms with Gasteiger partial charge in [-0.3, -0.25) is 0 Å². The van der Waals surface area contributed by atoms with Gasteiger partial charge in [0.05, 0.1) is 5.56 Å². The molecular weight excluding hydrogens is 341 g/mol. The predicted octanol–water partition coefficient (Wildman–Crippen LogP) is 1.82. The zero-order valence-corrected chi connectivity index (χ0v) is 13.8. The van der Waals surface area contributed by atoms with Crippen molar-refractivity contribution in [1.29, 1.82) is 0 Å². The Morgan fingerprint density at radius 1 is 1.27 bits per heavy atom. The third-order valence-corrected chi connectivity index (χ3v) is 3.43. The molecule has 4 nitrogen and oxygen atoms in total. The summed E-state index contributed by atoms with van der Waals surface area (Å²) in [4.78, 5) is 0. The molecule has 0 aliphatic heterocycles. The second-order valence-electron chi connectivity index (χ2n) is 4.34. The van der Waals surface area contributed by atoms with E-state index in [1.807, 2.05) is 30.3 Å². The summed E-state index contributed by atoms with van der Waals surface area (Å²) in [5, 5.41) is 4.11. The topological polar surface area (TPSA) is 61.2 Å². The van der Waals surface area contributed by atoms with Gasteiger partial charge in [0.15, 0.2) is 0 Å². The molecule has 2 aromatic rings. The van der Waals surface area contributed by atoms with E-state index in [9.17, 15) is 0 Å². The van der Waals surface area contributed by atoms with Crippen molar-refractivity contribution in [2.45, 2.75) is 6.61 Å². The molecule has 0 heterocycles. The Hall–Kier alpha value is -1.82. The molecule has 0 saturated heterocycles. The molecule has 0 aliphatic rings. The molecule has 0 atom stereocenters. The largest absolute Gasteiger partial charge is 0.488 e. The number of nitrogens with two attached hydrogens (primary N) is 1. The van der Waals surface area contributed by atoms with Crippen LogP contribution in [-0.4, -0.2) is 11.3 Å². The first-order valence-electron chi connectivity index (χ1n) is 6.36. The fourth-order valence-corrected chi connectivity index (χ4v) is 2.23. The number of ether oxygens (including phenoxy) is 1. The number of benzene rings is 2. The molecule has 0 aliphatic carbocycles. The van der Waals surface area contributed by atoms with E-state index in [1.54, 1.807) is 18.3 Å². The number of nitrogens with one attached hydrogen (secondary N) is 2. The van der Waals surface area contributed by atoms with Gasteiger partial charge in [-0.25, -0.2) is 0 Å². The zero-order valence-electron chi connectivity index (χ0n) is 11.5. The Morgan fingerprint density at radius 2 is 2.05 bits per heavy atom. The van der Waals surface area contributed by atoms with Crippen LogP contribution in [0.5, 0.6) is 5.75 Å². The first-order chi connectivity index (χ1) is 10.6. The normalized spacial score (nSPS) is 10.6. The minimum Gasteiger partial charge on any atom is -0.488 e. The summed E-state index contributed by atoms with van der Waals surface area (Å²) < 4.78 is 5.81. The van der Waals surface area contributed by atoms with Crippen molar-refractivity contribution in [2.75, 3.05) is 0 Å². The van der Waals surface area contributed by atoms with E-state index in [1.165, 1.54) is 0 Å². The number of hydrazine groups is 1. The lowest BCUT2D eigenvalue weighted by molar-refractivity contribution is -0.499. The van der Waals surface area contributed by atoms with Crippen molar-refractivity contribution in [3.05, 3.63) is 63.6 Å². The van der Waals surface area contributed by atoms with Gasteiger partial charge in [-0.1, -0.05) is 41.4 Å². The molecule has 22 heavy (non-hydrogen) atoms. The summed E-state index contributed by atoms with van der Waals surface area (Å²) in [5.41, 5.74) is 9.66. The maximum atomic E-state index is 6.13. The second-order valence-corrected chi connectivity index (χ2v) is 5.62. The van der Waals surface area contributed by atoms with Gasteiger partial charge in [0.1, 0.15) is 12.4 Å². The molecule has 0 spiro atoms. The van der Waals surface area contributed by atoms with Crippen LogP contribution in [0.15, 0.2) is 42.5 Å². The van der Waals surface area contributed by atoms with Crippen molar-refractivity contribution in [2.24, 2.45) is 5.73 Å². The van der Waals surface area contributed by atoms with Crippen molar-refractivity contribution in [3.63, 3.8) is 0 Å². The highest BCUT2D eigenvalue weighted by molar-refractivity contribution is 7.80. The van der Waals surface area contributed by atoms with Gasteiger partial charge in [-0.15, -0.1) is 10.5 Å². The Kier molecular flexibility index (Phi) is 6.00. The standard InChI is InChI=1S/C15H13Cl2N3OS/c16-12-6-5-11(13(17)7-12)9-21-14-4-2-1-3-10(14)8-19-20-15(18)22/h1-8H,9H2,(H3,18,20,22)/p+1. The number of thiocarbonyl (C=S) groups is 1. The third kappa shape index (κ3) is 4.87. The zero-order chi connectivity index (χ0) is 15.9. The summed E-state index contributed by atoms with van der Waals surface area (Å²) in [6.45, 7) is 0.337. The van der Waals surface area contributed by atoms with E-state index in [0.717, 1.165) is 11.1 Å². The van der Waals surface area contributed by atoms with Crippen LogP contribution in [0.25, 0.3) is 0 Å². The average molecular weight is 355 g/mol. The summed E-state index contributed by atoms with van der Waals surface area (Å²) >= 11 is 16.7. The van der Waals surface area contributed by atoms with E-state index < -0.39 is 0 Å². The highest BCUT2D eigenvalue weighted by Crippen LogP contribution is 2.23. The lowest BCUT2D eigenvalue weighted by atomic mass is 10.2. The van der Waals surface area contributed by atoms with Gasteiger partial charge in [0.2, 0.25) is 11.3 Å². The molecule has 0 unspecified atom stereocenters. The van der Waals surface area contributed by atoms with Crippen molar-refractivity contribution >= 4 is 46.7 Å². The van der Waals surface area contributed by atoms with Crippen LogP contribution in [0, 0.1) is 0 Å². The number of para-hydroxylation sites is 1. The molecule has 0 radical (unpaired) electrons. The molecule has 0 amide bonds. The van der Waals surface area contributed by atoms with Crippen LogP contribution in [-0.2, 0) is 6.61 Å². The van der Waals surface area contributed by atoms with Crippen LogP contribution in [0.2, 0.25) is 10.0 Å². The Balaban J connectivity index is 2.09. The lowest BCUT2D eigenvalue weighted by Crippen LogP contribution is -2.82. The molecule has 4 N–H and O–H groups in total. The van der Waals surface area contributed by atoms with Crippen molar-refractivity contribution < 1.29 is 9.84 Å². The number of hydrazone groups is 1. The number of hydrogen-bond donors (Lipinski definition) is 3. The predicted molar refractivity (Wildman–Crippen MR) is 93.3 cm³/mol. The van der Waals surface area contributed by atoms with Crippen LogP contribution in [0.4, 0.5) is 0 Å². The lowest BCUT2D eigenvalue weighted by Gasteiger charge is -2.09. The van der Waals surface area contributed by atoms with Crippen molar-refractivity contribution in [3.8, 4) is 5.75 Å². The maximum absolute atomic E-state index is 6.13. The van der Waals surface area contributed by atoms with Gasteiger partial charge >= 0.3 is 0 Å². The van der Waals surface area contributed by atoms with Gasteiger partial charge in [0, 0.05) is 15.6 Å². The van der Waals surface area contributed by atoms with Crippen molar-refractivity contribution in [1.82, 2.24) is 5.43 Å². The Bertz CT molecular complexity index is 707. The molecule has 114 valence electrons. The summed E-state index contributed by atoms with van der Waals surface area (Å²) in [5.74, 6) is 0.700. The SMILES string of the molecule is NC(=S)N[NH+]=Cc1ccccc1OCc1ccc(Cl)cc1Cl. The number of halogens is 2. The van der Waals surface area contributed by atoms with E-state index in [2.05, 4.69) is 10.5 Å². The van der Waals surface area contributed by atoms with Gasteiger partial charge in [-0.2, -0.15) is 0 Å². The minimum atomic E-state index is 0.155. The summed E-state index contributed by atoms with van der Waals surface area (Å²) in [7, 11) is 0. The molecule has 0 saturated carbocycles. The van der Waals surface area contributed by atoms with Crippen LogP contribution < -0.4 is 21.0 Å². The Labute approximate surface area is 143 Å². The number of hydrogen-bond acceptors (Lipinski definition) is 2. The number of rotatable bonds is 5. The molecule has 0 fully saturated rings. The summed E-state index contributed by atoms with van der Waals surface area (Å²) in [6.07, 6.45) is 1.71. The van der Waals surface area contributed by atoms with Gasteiger partial charge in [0.25, 0.3) is 0 Å². The fraction of sp³-hybridized carbons (Fsp3) is 0.0667. The molecule has 2 aromatic carbocycles. The van der Waals surface area contributed by atoms with Crippen LogP contribution in [0.1, 0.15) is 11.1 Å². The fourth-order valence-electron chi connectivity index (χ4n) is 1.71. The van der Waals surface area contributed by atoms with Gasteiger partial charge in [-0.05, 0) is 36.5 Å². The first kappa shape index (κ1) is 16.5. The highest BCUT2D eigenvalue weighted by Gasteiger charge is 2.06. The molecule has 7 heteroatoms. The van der Waals surface area contributed by atoms with E-state index >= 15 is 0 Å². The Morgan fingerprint density at radius 3 is 2.77 bits per heavy atom. The quantitative estimate of drug-likeness (QED) is 0.435. The highest BCUT2D eigenvalue weighted by atomic mass is 35.5. The monoisotopic (exact) mass is 354 g/mol. The van der Waals surface area contributed by atoms with Gasteiger partial charge < -0.3 is 10.5 Å². The summed E-state index contributed by atoms with van der Waals surface area (Å²) in [6, 6.07) is 12.8.